The summed E-state index contributed by atoms with van der Waals surface area (Å²) in [6, 6.07) is 13.3. The van der Waals surface area contributed by atoms with Crippen LogP contribution in [0.15, 0.2) is 47.0 Å². The van der Waals surface area contributed by atoms with Crippen molar-refractivity contribution in [1.82, 2.24) is 15.0 Å². The number of aromatic nitrogens is 2. The van der Waals surface area contributed by atoms with E-state index in [-0.39, 0.29) is 30.4 Å². The number of nitrogens with zero attached hydrogens (tertiary/aromatic N) is 4. The lowest BCUT2D eigenvalue weighted by atomic mass is 9.81. The number of aryl methyl sites for hydroxylation is 3. The minimum Gasteiger partial charge on any atom is -0.337 e. The standard InChI is InChI=1S/C26H28N4O3/c1-16-7-6-8-19(12-16)24-27-23(33-28-24)15-29-22-10-5-4-9-21(22)25(31)30(26(29)32)20-13-17(2)11-18(3)14-20/h6-8,11-14,21-22H,4-5,9-10,15H2,1-3H3. The average molecular weight is 445 g/mol. The van der Waals surface area contributed by atoms with E-state index in [0.717, 1.165) is 47.9 Å². The number of benzene rings is 2. The van der Waals surface area contributed by atoms with Gasteiger partial charge < -0.3 is 9.42 Å². The Hall–Kier alpha value is -3.48. The van der Waals surface area contributed by atoms with Gasteiger partial charge in [-0.05, 0) is 62.9 Å². The Bertz CT molecular complexity index is 1200. The van der Waals surface area contributed by atoms with Crippen molar-refractivity contribution in [3.8, 4) is 11.4 Å². The van der Waals surface area contributed by atoms with Crippen LogP contribution in [0.3, 0.4) is 0 Å². The van der Waals surface area contributed by atoms with Crippen LogP contribution >= 0.6 is 0 Å². The van der Waals surface area contributed by atoms with Crippen molar-refractivity contribution in [2.75, 3.05) is 4.90 Å². The number of carbonyl (C=O) groups excluding carboxylic acids is 2. The number of hydrogen-bond donors (Lipinski definition) is 0. The molecule has 33 heavy (non-hydrogen) atoms. The summed E-state index contributed by atoms with van der Waals surface area (Å²) in [5.41, 5.74) is 4.64. The highest BCUT2D eigenvalue weighted by molar-refractivity contribution is 6.17. The lowest BCUT2D eigenvalue weighted by Crippen LogP contribution is -2.62. The number of urea groups is 1. The highest BCUT2D eigenvalue weighted by Gasteiger charge is 2.48. The summed E-state index contributed by atoms with van der Waals surface area (Å²) in [7, 11) is 0. The average Bonchev–Trinajstić information content (AvgIpc) is 3.25. The number of carbonyl (C=O) groups is 2. The van der Waals surface area contributed by atoms with Gasteiger partial charge in [-0.25, -0.2) is 9.69 Å². The van der Waals surface area contributed by atoms with Crippen molar-refractivity contribution < 1.29 is 14.1 Å². The molecule has 1 saturated carbocycles. The molecule has 2 fully saturated rings. The maximum atomic E-state index is 13.7. The van der Waals surface area contributed by atoms with Crippen LogP contribution in [0.25, 0.3) is 11.4 Å². The summed E-state index contributed by atoms with van der Waals surface area (Å²) in [6.07, 6.45) is 3.59. The van der Waals surface area contributed by atoms with Gasteiger partial charge in [0, 0.05) is 11.6 Å². The molecule has 0 N–H and O–H groups in total. The van der Waals surface area contributed by atoms with Gasteiger partial charge in [0.1, 0.15) is 6.54 Å². The van der Waals surface area contributed by atoms with E-state index in [1.807, 2.05) is 63.2 Å². The first-order valence-corrected chi connectivity index (χ1v) is 11.5. The van der Waals surface area contributed by atoms with Crippen molar-refractivity contribution in [2.45, 2.75) is 59.0 Å². The van der Waals surface area contributed by atoms with Gasteiger partial charge in [-0.1, -0.05) is 47.8 Å². The molecule has 0 spiro atoms. The van der Waals surface area contributed by atoms with Crippen LogP contribution in [0.4, 0.5) is 10.5 Å². The molecule has 2 aromatic carbocycles. The first-order chi connectivity index (χ1) is 15.9. The fourth-order valence-corrected chi connectivity index (χ4v) is 5.17. The van der Waals surface area contributed by atoms with Crippen molar-refractivity contribution in [2.24, 2.45) is 5.92 Å². The van der Waals surface area contributed by atoms with Gasteiger partial charge in [0.2, 0.25) is 17.6 Å². The Balaban J connectivity index is 1.47. The Kier molecular flexibility index (Phi) is 5.48. The van der Waals surface area contributed by atoms with Crippen LogP contribution < -0.4 is 4.90 Å². The van der Waals surface area contributed by atoms with Gasteiger partial charge in [0.25, 0.3) is 0 Å². The molecule has 3 aromatic rings. The van der Waals surface area contributed by atoms with E-state index in [1.54, 1.807) is 4.90 Å². The van der Waals surface area contributed by atoms with E-state index in [9.17, 15) is 9.59 Å². The summed E-state index contributed by atoms with van der Waals surface area (Å²) in [4.78, 5) is 34.8. The molecule has 0 bridgehead atoms. The van der Waals surface area contributed by atoms with Gasteiger partial charge in [0.05, 0.1) is 11.6 Å². The van der Waals surface area contributed by atoms with Crippen molar-refractivity contribution in [3.63, 3.8) is 0 Å². The van der Waals surface area contributed by atoms with Gasteiger partial charge in [0.15, 0.2) is 0 Å². The predicted octanol–water partition coefficient (Wildman–Crippen LogP) is 5.19. The van der Waals surface area contributed by atoms with Crippen molar-refractivity contribution in [1.29, 1.82) is 0 Å². The third-order valence-corrected chi connectivity index (χ3v) is 6.62. The molecule has 1 aromatic heterocycles. The van der Waals surface area contributed by atoms with Crippen molar-refractivity contribution in [3.05, 3.63) is 65.0 Å². The lowest BCUT2D eigenvalue weighted by molar-refractivity contribution is -0.127. The lowest BCUT2D eigenvalue weighted by Gasteiger charge is -2.46. The first-order valence-electron chi connectivity index (χ1n) is 11.5. The smallest absolute Gasteiger partial charge is 0.332 e. The molecule has 0 radical (unpaired) electrons. The normalized spacial score (nSPS) is 20.8. The Morgan fingerprint density at radius 3 is 2.48 bits per heavy atom. The van der Waals surface area contributed by atoms with Crippen LogP contribution in [0, 0.1) is 26.7 Å². The molecule has 1 saturated heterocycles. The zero-order valence-electron chi connectivity index (χ0n) is 19.2. The van der Waals surface area contributed by atoms with Gasteiger partial charge in [-0.3, -0.25) is 4.79 Å². The second-order valence-corrected chi connectivity index (χ2v) is 9.27. The van der Waals surface area contributed by atoms with Gasteiger partial charge >= 0.3 is 6.03 Å². The summed E-state index contributed by atoms with van der Waals surface area (Å²) < 4.78 is 5.54. The molecule has 1 aliphatic heterocycles. The van der Waals surface area contributed by atoms with E-state index in [2.05, 4.69) is 10.1 Å². The summed E-state index contributed by atoms with van der Waals surface area (Å²) >= 11 is 0. The maximum Gasteiger partial charge on any atom is 0.332 e. The van der Waals surface area contributed by atoms with Crippen LogP contribution in [-0.4, -0.2) is 33.0 Å². The number of imide groups is 1. The third kappa shape index (κ3) is 4.03. The fraction of sp³-hybridized carbons (Fsp3) is 0.385. The Labute approximate surface area is 193 Å². The van der Waals surface area contributed by atoms with E-state index in [1.165, 1.54) is 4.90 Å². The van der Waals surface area contributed by atoms with E-state index in [4.69, 9.17) is 4.52 Å². The summed E-state index contributed by atoms with van der Waals surface area (Å²) in [5, 5.41) is 4.13. The first kappa shape index (κ1) is 21.4. The molecule has 170 valence electrons. The molecule has 3 amide bonds. The highest BCUT2D eigenvalue weighted by atomic mass is 16.5. The van der Waals surface area contributed by atoms with Crippen LogP contribution in [0.1, 0.15) is 48.3 Å². The van der Waals surface area contributed by atoms with E-state index < -0.39 is 0 Å². The van der Waals surface area contributed by atoms with Gasteiger partial charge in [-0.2, -0.15) is 4.98 Å². The highest BCUT2D eigenvalue weighted by Crippen LogP contribution is 2.37. The molecule has 7 heteroatoms. The molecule has 2 atom stereocenters. The zero-order chi connectivity index (χ0) is 23.1. The van der Waals surface area contributed by atoms with E-state index >= 15 is 0 Å². The number of rotatable bonds is 4. The molecule has 7 nitrogen and oxygen atoms in total. The monoisotopic (exact) mass is 444 g/mol. The molecule has 1 aliphatic carbocycles. The quantitative estimate of drug-likeness (QED) is 0.553. The molecular formula is C26H28N4O3. The predicted molar refractivity (Wildman–Crippen MR) is 125 cm³/mol. The topological polar surface area (TPSA) is 79.5 Å². The second kappa shape index (κ2) is 8.46. The SMILES string of the molecule is Cc1cccc(-c2noc(CN3C(=O)N(c4cc(C)cc(C)c4)C(=O)C4CCCCC43)n2)c1. The molecule has 2 unspecified atom stereocenters. The minimum atomic E-state index is -0.316. The molecule has 5 rings (SSSR count). The number of amides is 3. The summed E-state index contributed by atoms with van der Waals surface area (Å²) in [5.74, 6) is 0.563. The van der Waals surface area contributed by atoms with Gasteiger partial charge in [-0.15, -0.1) is 0 Å². The van der Waals surface area contributed by atoms with Crippen LogP contribution in [0.5, 0.6) is 0 Å². The fourth-order valence-electron chi connectivity index (χ4n) is 5.17. The molecular weight excluding hydrogens is 416 g/mol. The van der Waals surface area contributed by atoms with E-state index in [0.29, 0.717) is 17.4 Å². The second-order valence-electron chi connectivity index (χ2n) is 9.27. The summed E-state index contributed by atoms with van der Waals surface area (Å²) in [6.45, 7) is 6.15. The number of fused-ring (bicyclic) bond motifs is 1. The van der Waals surface area contributed by atoms with Crippen LogP contribution in [-0.2, 0) is 11.3 Å². The third-order valence-electron chi connectivity index (χ3n) is 6.62. The number of anilines is 1. The Morgan fingerprint density at radius 1 is 0.970 bits per heavy atom. The molecule has 2 heterocycles. The van der Waals surface area contributed by atoms with Crippen molar-refractivity contribution >= 4 is 17.6 Å². The zero-order valence-corrected chi connectivity index (χ0v) is 19.2. The maximum absolute atomic E-state index is 13.7. The largest absolute Gasteiger partial charge is 0.337 e. The Morgan fingerprint density at radius 2 is 1.73 bits per heavy atom. The number of hydrogen-bond acceptors (Lipinski definition) is 5. The van der Waals surface area contributed by atoms with Crippen LogP contribution in [0.2, 0.25) is 0 Å². The molecule has 2 aliphatic rings. The minimum absolute atomic E-state index is 0.100.